The number of aliphatic imine (C=N–C) groups is 1. The van der Waals surface area contributed by atoms with E-state index in [-0.39, 0.29) is 6.61 Å². The third-order valence-electron chi connectivity index (χ3n) is 4.44. The molecule has 1 unspecified atom stereocenters. The van der Waals surface area contributed by atoms with Gasteiger partial charge in [-0.3, -0.25) is 4.99 Å². The molecule has 2 N–H and O–H groups in total. The van der Waals surface area contributed by atoms with E-state index in [4.69, 9.17) is 14.5 Å². The highest BCUT2D eigenvalue weighted by Gasteiger charge is 2.14. The molecule has 1 atom stereocenters. The van der Waals surface area contributed by atoms with Crippen molar-refractivity contribution in [1.82, 2.24) is 10.2 Å². The first-order valence-corrected chi connectivity index (χ1v) is 9.76. The summed E-state index contributed by atoms with van der Waals surface area (Å²) in [6.45, 7) is 8.89. The predicted octanol–water partition coefficient (Wildman–Crippen LogP) is 3.15. The first-order chi connectivity index (χ1) is 12.9. The van der Waals surface area contributed by atoms with Crippen LogP contribution in [-0.2, 0) is 6.54 Å². The molecule has 0 heterocycles. The first-order valence-electron chi connectivity index (χ1n) is 9.76. The van der Waals surface area contributed by atoms with Crippen LogP contribution < -0.4 is 14.8 Å². The molecule has 0 saturated heterocycles. The van der Waals surface area contributed by atoms with Crippen molar-refractivity contribution >= 4 is 5.96 Å². The second-order valence-corrected chi connectivity index (χ2v) is 7.24. The number of aliphatic hydroxyl groups is 1. The zero-order valence-corrected chi connectivity index (χ0v) is 17.8. The molecule has 0 aromatic heterocycles. The van der Waals surface area contributed by atoms with E-state index in [2.05, 4.69) is 31.0 Å². The summed E-state index contributed by atoms with van der Waals surface area (Å²) in [5, 5.41) is 12.7. The number of nitrogens with one attached hydrogen (secondary N) is 1. The van der Waals surface area contributed by atoms with Crippen LogP contribution in [0.5, 0.6) is 11.5 Å². The van der Waals surface area contributed by atoms with Crippen LogP contribution in [0.3, 0.4) is 0 Å². The molecule has 1 aromatic rings. The normalized spacial score (nSPS) is 12.8. The molecule has 0 amide bonds. The number of nitrogens with zero attached hydrogens (tertiary/aromatic N) is 2. The molecule has 0 aliphatic heterocycles. The smallest absolute Gasteiger partial charge is 0.193 e. The van der Waals surface area contributed by atoms with Gasteiger partial charge in [0.2, 0.25) is 0 Å². The topological polar surface area (TPSA) is 66.3 Å². The summed E-state index contributed by atoms with van der Waals surface area (Å²) < 4.78 is 10.8. The van der Waals surface area contributed by atoms with Crippen LogP contribution >= 0.6 is 0 Å². The molecular formula is C21H37N3O3. The van der Waals surface area contributed by atoms with Gasteiger partial charge in [-0.05, 0) is 43.7 Å². The van der Waals surface area contributed by atoms with E-state index in [0.29, 0.717) is 24.9 Å². The van der Waals surface area contributed by atoms with Gasteiger partial charge in [0.1, 0.15) is 11.5 Å². The minimum absolute atomic E-state index is 0.211. The third kappa shape index (κ3) is 8.08. The molecule has 6 nitrogen and oxygen atoms in total. The van der Waals surface area contributed by atoms with Crippen molar-refractivity contribution in [3.63, 3.8) is 0 Å². The number of guanidine groups is 1. The second kappa shape index (κ2) is 12.4. The molecule has 0 spiro atoms. The molecule has 1 rings (SSSR count). The molecule has 0 saturated carbocycles. The summed E-state index contributed by atoms with van der Waals surface area (Å²) in [6.07, 6.45) is 1.86. The Morgan fingerprint density at radius 3 is 2.56 bits per heavy atom. The Bertz CT molecular complexity index is 576. The van der Waals surface area contributed by atoms with Gasteiger partial charge in [-0.1, -0.05) is 13.8 Å². The largest absolute Gasteiger partial charge is 0.497 e. The van der Waals surface area contributed by atoms with E-state index in [1.807, 2.05) is 25.2 Å². The lowest BCUT2D eigenvalue weighted by Crippen LogP contribution is -2.39. The van der Waals surface area contributed by atoms with Crippen LogP contribution in [0.25, 0.3) is 0 Å². The number of rotatable bonds is 11. The monoisotopic (exact) mass is 379 g/mol. The molecule has 154 valence electrons. The lowest BCUT2D eigenvalue weighted by atomic mass is 9.94. The molecule has 0 radical (unpaired) electrons. The van der Waals surface area contributed by atoms with E-state index in [1.165, 1.54) is 0 Å². The van der Waals surface area contributed by atoms with Crippen LogP contribution in [0.1, 0.15) is 39.2 Å². The lowest BCUT2D eigenvalue weighted by molar-refractivity contribution is 0.245. The molecule has 27 heavy (non-hydrogen) atoms. The summed E-state index contributed by atoms with van der Waals surface area (Å²) in [7, 11) is 5.34. The van der Waals surface area contributed by atoms with Crippen molar-refractivity contribution < 1.29 is 14.6 Å². The van der Waals surface area contributed by atoms with Crippen molar-refractivity contribution in [2.45, 2.75) is 40.2 Å². The molecule has 0 bridgehead atoms. The van der Waals surface area contributed by atoms with Gasteiger partial charge < -0.3 is 24.8 Å². The zero-order valence-electron chi connectivity index (χ0n) is 17.8. The Morgan fingerprint density at radius 1 is 1.26 bits per heavy atom. The minimum atomic E-state index is 0.211. The summed E-state index contributed by atoms with van der Waals surface area (Å²) in [4.78, 5) is 6.92. The Balaban J connectivity index is 2.89. The maximum Gasteiger partial charge on any atom is 0.193 e. The fourth-order valence-electron chi connectivity index (χ4n) is 3.13. The van der Waals surface area contributed by atoms with Gasteiger partial charge in [-0.2, -0.15) is 0 Å². The Labute approximate surface area is 164 Å². The van der Waals surface area contributed by atoms with Gasteiger partial charge in [0, 0.05) is 44.9 Å². The van der Waals surface area contributed by atoms with E-state index in [0.717, 1.165) is 42.4 Å². The molecule has 0 fully saturated rings. The van der Waals surface area contributed by atoms with Crippen LogP contribution in [0.2, 0.25) is 0 Å². The zero-order chi connectivity index (χ0) is 20.2. The highest BCUT2D eigenvalue weighted by atomic mass is 16.5. The molecule has 0 aliphatic carbocycles. The maximum atomic E-state index is 9.32. The van der Waals surface area contributed by atoms with Crippen LogP contribution in [0.4, 0.5) is 0 Å². The second-order valence-electron chi connectivity index (χ2n) is 7.24. The third-order valence-corrected chi connectivity index (χ3v) is 4.44. The van der Waals surface area contributed by atoms with Crippen molar-refractivity contribution in [3.8, 4) is 11.5 Å². The van der Waals surface area contributed by atoms with Crippen LogP contribution in [0, 0.1) is 11.8 Å². The predicted molar refractivity (Wildman–Crippen MR) is 112 cm³/mol. The summed E-state index contributed by atoms with van der Waals surface area (Å²) in [6, 6.07) is 5.86. The summed E-state index contributed by atoms with van der Waals surface area (Å²) in [5.74, 6) is 3.43. The number of hydrogen-bond acceptors (Lipinski definition) is 4. The molecule has 0 aliphatic rings. The average molecular weight is 380 g/mol. The molecule has 6 heteroatoms. The van der Waals surface area contributed by atoms with Crippen molar-refractivity contribution in [2.24, 2.45) is 16.8 Å². The van der Waals surface area contributed by atoms with E-state index in [9.17, 15) is 5.11 Å². The maximum absolute atomic E-state index is 9.32. The van der Waals surface area contributed by atoms with Gasteiger partial charge in [0.15, 0.2) is 5.96 Å². The standard InChI is InChI=1S/C21H37N3O3/c1-7-22-21(23-14-17(10-11-25)12-16(2)3)24(4)15-18-8-9-19(26-5)13-20(18)27-6/h8-9,13,16-17,25H,7,10-12,14-15H2,1-6H3,(H,22,23). The Morgan fingerprint density at radius 2 is 2.00 bits per heavy atom. The fraction of sp³-hybridized carbons (Fsp3) is 0.667. The van der Waals surface area contributed by atoms with E-state index in [1.54, 1.807) is 14.2 Å². The molecule has 1 aromatic carbocycles. The number of aliphatic hydroxyl groups excluding tert-OH is 1. The number of benzene rings is 1. The first kappa shape index (κ1) is 23.1. The Kier molecular flexibility index (Phi) is 10.6. The van der Waals surface area contributed by atoms with E-state index >= 15 is 0 Å². The SMILES string of the molecule is CCNC(=NCC(CCO)CC(C)C)N(C)Cc1ccc(OC)cc1OC. The summed E-state index contributed by atoms with van der Waals surface area (Å²) in [5.41, 5.74) is 1.07. The lowest BCUT2D eigenvalue weighted by Gasteiger charge is -2.24. The minimum Gasteiger partial charge on any atom is -0.497 e. The van der Waals surface area contributed by atoms with Gasteiger partial charge in [0.05, 0.1) is 14.2 Å². The van der Waals surface area contributed by atoms with Crippen molar-refractivity contribution in [2.75, 3.05) is 41.0 Å². The Hall–Kier alpha value is -1.95. The van der Waals surface area contributed by atoms with Gasteiger partial charge in [-0.15, -0.1) is 0 Å². The van der Waals surface area contributed by atoms with Gasteiger partial charge in [0.25, 0.3) is 0 Å². The van der Waals surface area contributed by atoms with Crippen LogP contribution in [-0.4, -0.2) is 56.9 Å². The van der Waals surface area contributed by atoms with E-state index < -0.39 is 0 Å². The van der Waals surface area contributed by atoms with Gasteiger partial charge >= 0.3 is 0 Å². The van der Waals surface area contributed by atoms with Crippen LogP contribution in [0.15, 0.2) is 23.2 Å². The van der Waals surface area contributed by atoms with Crippen molar-refractivity contribution in [1.29, 1.82) is 0 Å². The van der Waals surface area contributed by atoms with Gasteiger partial charge in [-0.25, -0.2) is 0 Å². The summed E-state index contributed by atoms with van der Waals surface area (Å²) >= 11 is 0. The number of hydrogen-bond donors (Lipinski definition) is 2. The quantitative estimate of drug-likeness (QED) is 0.457. The number of methoxy groups -OCH3 is 2. The highest BCUT2D eigenvalue weighted by molar-refractivity contribution is 5.79. The highest BCUT2D eigenvalue weighted by Crippen LogP contribution is 2.25. The number of ether oxygens (including phenoxy) is 2. The molecular weight excluding hydrogens is 342 g/mol. The van der Waals surface area contributed by atoms with Crippen molar-refractivity contribution in [3.05, 3.63) is 23.8 Å². The average Bonchev–Trinajstić information content (AvgIpc) is 2.64. The fourth-order valence-corrected chi connectivity index (χ4v) is 3.13.